The number of allylic oxidation sites excluding steroid dienone is 1. The lowest BCUT2D eigenvalue weighted by Crippen LogP contribution is -2.63. The van der Waals surface area contributed by atoms with Gasteiger partial charge in [-0.15, -0.1) is 0 Å². The Kier molecular flexibility index (Phi) is 8.86. The number of benzene rings is 4. The van der Waals surface area contributed by atoms with Gasteiger partial charge in [-0.2, -0.15) is 47.9 Å². The molecule has 0 unspecified atom stereocenters. The smallest absolute Gasteiger partial charge is 0.460 e. The molecule has 0 atom stereocenters. The maximum Gasteiger partial charge on any atom is 0.460 e. The first-order valence-electron chi connectivity index (χ1n) is 13.8. The zero-order chi connectivity index (χ0) is 34.3. The maximum atomic E-state index is 14.2. The van der Waals surface area contributed by atoms with Crippen molar-refractivity contribution in [2.45, 2.75) is 42.7 Å². The van der Waals surface area contributed by atoms with Crippen LogP contribution < -0.4 is 8.92 Å². The standard InChI is InChI=1S/C33H23F9O4S/c34-30(35,32(38,39)40)31(36,37)33(41,42)47(43,44)46-25-14-11-23(12-15-25)29-27(22-9-5-2-6-10-22)17-13-24-19-26(16-18-28(24)29)45-20-21-7-3-1-4-8-21/h1-12,14-16,18-19H,13,17,20H2. The highest BCUT2D eigenvalue weighted by molar-refractivity contribution is 7.88. The minimum Gasteiger partial charge on any atom is -0.489 e. The molecule has 5 rings (SSSR count). The van der Waals surface area contributed by atoms with E-state index in [1.165, 1.54) is 12.1 Å². The van der Waals surface area contributed by atoms with Gasteiger partial charge in [0.1, 0.15) is 18.1 Å². The lowest BCUT2D eigenvalue weighted by molar-refractivity contribution is -0.382. The highest BCUT2D eigenvalue weighted by Gasteiger charge is 2.86. The molecule has 0 heterocycles. The average Bonchev–Trinajstić information content (AvgIpc) is 3.03. The van der Waals surface area contributed by atoms with E-state index in [0.717, 1.165) is 40.0 Å². The van der Waals surface area contributed by atoms with Crippen molar-refractivity contribution in [2.75, 3.05) is 0 Å². The summed E-state index contributed by atoms with van der Waals surface area (Å²) in [5, 5.41) is -6.97. The number of ether oxygens (including phenoxy) is 1. The molecule has 0 N–H and O–H groups in total. The van der Waals surface area contributed by atoms with Gasteiger partial charge in [-0.3, -0.25) is 0 Å². The van der Waals surface area contributed by atoms with Gasteiger partial charge in [-0.25, -0.2) is 0 Å². The molecule has 0 spiro atoms. The maximum absolute atomic E-state index is 14.2. The summed E-state index contributed by atoms with van der Waals surface area (Å²) in [6.45, 7) is 0.320. The Bertz CT molecular complexity index is 1870. The molecule has 14 heteroatoms. The van der Waals surface area contributed by atoms with Gasteiger partial charge in [0.2, 0.25) is 0 Å². The second-order valence-electron chi connectivity index (χ2n) is 10.5. The third-order valence-corrected chi connectivity index (χ3v) is 8.74. The van der Waals surface area contributed by atoms with E-state index in [-0.39, 0.29) is 0 Å². The van der Waals surface area contributed by atoms with Crippen LogP contribution >= 0.6 is 0 Å². The first-order valence-corrected chi connectivity index (χ1v) is 15.2. The first-order chi connectivity index (χ1) is 22.0. The average molecular weight is 687 g/mol. The fourth-order valence-electron chi connectivity index (χ4n) is 5.03. The zero-order valence-electron chi connectivity index (χ0n) is 23.9. The first kappa shape index (κ1) is 33.9. The van der Waals surface area contributed by atoms with Gasteiger partial charge in [-0.1, -0.05) is 78.9 Å². The molecule has 1 aliphatic rings. The lowest BCUT2D eigenvalue weighted by Gasteiger charge is -2.32. The second-order valence-corrected chi connectivity index (χ2v) is 12.1. The van der Waals surface area contributed by atoms with E-state index in [4.69, 9.17) is 4.74 Å². The lowest BCUT2D eigenvalue weighted by atomic mass is 9.79. The quantitative estimate of drug-likeness (QED) is 0.123. The normalized spacial score (nSPS) is 14.5. The van der Waals surface area contributed by atoms with Crippen molar-refractivity contribution in [3.8, 4) is 11.5 Å². The van der Waals surface area contributed by atoms with Gasteiger partial charge >= 0.3 is 33.4 Å². The van der Waals surface area contributed by atoms with Crippen LogP contribution in [0.4, 0.5) is 39.5 Å². The van der Waals surface area contributed by atoms with Crippen LogP contribution in [0.1, 0.15) is 34.2 Å². The molecule has 4 aromatic rings. The summed E-state index contributed by atoms with van der Waals surface area (Å²) in [7, 11) is -7.07. The number of hydrogen-bond acceptors (Lipinski definition) is 4. The van der Waals surface area contributed by atoms with Crippen LogP contribution in [0.5, 0.6) is 11.5 Å². The molecule has 4 aromatic carbocycles. The van der Waals surface area contributed by atoms with Crippen molar-refractivity contribution in [2.24, 2.45) is 0 Å². The van der Waals surface area contributed by atoms with Gasteiger partial charge in [0, 0.05) is 0 Å². The van der Waals surface area contributed by atoms with Crippen molar-refractivity contribution in [3.63, 3.8) is 0 Å². The molecule has 4 nitrogen and oxygen atoms in total. The van der Waals surface area contributed by atoms with E-state index in [1.807, 2.05) is 72.8 Å². The van der Waals surface area contributed by atoms with Crippen molar-refractivity contribution in [1.82, 2.24) is 0 Å². The van der Waals surface area contributed by atoms with Gasteiger partial charge < -0.3 is 8.92 Å². The number of rotatable bonds is 10. The summed E-state index contributed by atoms with van der Waals surface area (Å²) in [6, 6.07) is 28.1. The summed E-state index contributed by atoms with van der Waals surface area (Å²) >= 11 is 0. The Morgan fingerprint density at radius 3 is 1.79 bits per heavy atom. The molecule has 248 valence electrons. The molecule has 0 amide bonds. The molecule has 0 saturated heterocycles. The Balaban J connectivity index is 1.47. The summed E-state index contributed by atoms with van der Waals surface area (Å²) in [5.74, 6) is -15.2. The number of fused-ring (bicyclic) bond motifs is 1. The number of halogens is 9. The minimum absolute atomic E-state index is 0.320. The van der Waals surface area contributed by atoms with Gasteiger partial charge in [0.05, 0.1) is 0 Å². The molecule has 0 radical (unpaired) electrons. The van der Waals surface area contributed by atoms with Crippen LogP contribution in [0.15, 0.2) is 103 Å². The van der Waals surface area contributed by atoms with Crippen LogP contribution in [-0.4, -0.2) is 31.7 Å². The highest BCUT2D eigenvalue weighted by atomic mass is 32.2. The number of aryl methyl sites for hydroxylation is 1. The largest absolute Gasteiger partial charge is 0.489 e. The van der Waals surface area contributed by atoms with Crippen molar-refractivity contribution in [3.05, 3.63) is 131 Å². The Morgan fingerprint density at radius 1 is 0.617 bits per heavy atom. The van der Waals surface area contributed by atoms with Crippen LogP contribution in [0.25, 0.3) is 11.1 Å². The van der Waals surface area contributed by atoms with Crippen LogP contribution in [-0.2, 0) is 23.1 Å². The monoisotopic (exact) mass is 686 g/mol. The van der Waals surface area contributed by atoms with Gasteiger partial charge in [0.15, 0.2) is 0 Å². The third-order valence-electron chi connectivity index (χ3n) is 7.44. The molecule has 0 aromatic heterocycles. The molecule has 0 saturated carbocycles. The van der Waals surface area contributed by atoms with E-state index >= 15 is 0 Å². The fraction of sp³-hybridized carbons (Fsp3) is 0.212. The van der Waals surface area contributed by atoms with Crippen molar-refractivity contribution in [1.29, 1.82) is 0 Å². The van der Waals surface area contributed by atoms with Crippen LogP contribution in [0.3, 0.4) is 0 Å². The predicted molar refractivity (Wildman–Crippen MR) is 155 cm³/mol. The fourth-order valence-corrected chi connectivity index (χ4v) is 5.94. The summed E-state index contributed by atoms with van der Waals surface area (Å²) in [6.07, 6.45) is -6.04. The Morgan fingerprint density at radius 2 is 1.19 bits per heavy atom. The predicted octanol–water partition coefficient (Wildman–Crippen LogP) is 9.31. The van der Waals surface area contributed by atoms with Crippen LogP contribution in [0.2, 0.25) is 0 Å². The number of hydrogen-bond donors (Lipinski definition) is 0. The van der Waals surface area contributed by atoms with E-state index in [9.17, 15) is 47.9 Å². The van der Waals surface area contributed by atoms with Crippen molar-refractivity contribution < 1.29 is 56.9 Å². The van der Waals surface area contributed by atoms with E-state index < -0.39 is 39.1 Å². The third kappa shape index (κ3) is 6.30. The van der Waals surface area contributed by atoms with Gasteiger partial charge in [0.25, 0.3) is 0 Å². The Labute approximate surface area is 263 Å². The zero-order valence-corrected chi connectivity index (χ0v) is 24.7. The Hall–Kier alpha value is -4.46. The summed E-state index contributed by atoms with van der Waals surface area (Å²) in [4.78, 5) is 0. The molecular formula is C33H23F9O4S. The highest BCUT2D eigenvalue weighted by Crippen LogP contribution is 2.55. The molecule has 1 aliphatic carbocycles. The van der Waals surface area contributed by atoms with E-state index in [2.05, 4.69) is 4.18 Å². The van der Waals surface area contributed by atoms with Crippen LogP contribution in [0, 0.1) is 0 Å². The molecule has 0 aliphatic heterocycles. The van der Waals surface area contributed by atoms with E-state index in [0.29, 0.717) is 36.3 Å². The molecule has 0 fully saturated rings. The SMILES string of the molecule is O=S(=O)(Oc1ccc(C2=C(c3ccccc3)CCc3cc(OCc4ccccc4)ccc32)cc1)C(F)(F)C(F)(F)C(F)(F)C(F)(F)F. The minimum atomic E-state index is -7.40. The second kappa shape index (κ2) is 12.3. The van der Waals surface area contributed by atoms with Gasteiger partial charge in [-0.05, 0) is 76.1 Å². The molecule has 47 heavy (non-hydrogen) atoms. The number of alkyl halides is 9. The van der Waals surface area contributed by atoms with Crippen molar-refractivity contribution >= 4 is 21.3 Å². The summed E-state index contributed by atoms with van der Waals surface area (Å²) < 4.78 is 154. The molecule has 0 bridgehead atoms. The summed E-state index contributed by atoms with van der Waals surface area (Å²) in [5.41, 5.74) is 5.36. The van der Waals surface area contributed by atoms with E-state index in [1.54, 1.807) is 6.07 Å². The topological polar surface area (TPSA) is 52.6 Å². The molecular weight excluding hydrogens is 663 g/mol.